The molecule has 1 aliphatic rings. The van der Waals surface area contributed by atoms with E-state index in [1.54, 1.807) is 0 Å². The molecule has 0 aliphatic carbocycles. The molecule has 1 fully saturated rings. The highest BCUT2D eigenvalue weighted by molar-refractivity contribution is 5.30. The Hall–Kier alpha value is -0.860. The molecule has 0 amide bonds. The van der Waals surface area contributed by atoms with E-state index >= 15 is 0 Å². The molecule has 0 N–H and O–H groups in total. The van der Waals surface area contributed by atoms with Crippen LogP contribution >= 0.6 is 0 Å². The molecule has 1 heterocycles. The molecular weight excluding hydrogens is 152 g/mol. The molecular formula is C10H11O2. The zero-order valence-electron chi connectivity index (χ0n) is 6.82. The van der Waals surface area contributed by atoms with Crippen LogP contribution in [-0.2, 0) is 9.47 Å². The van der Waals surface area contributed by atoms with Crippen molar-refractivity contribution in [2.45, 2.75) is 6.29 Å². The van der Waals surface area contributed by atoms with Crippen LogP contribution in [0.5, 0.6) is 0 Å². The minimum atomic E-state index is -0.196. The maximum atomic E-state index is 5.36. The van der Waals surface area contributed by atoms with Gasteiger partial charge in [-0.25, -0.2) is 0 Å². The van der Waals surface area contributed by atoms with Crippen molar-refractivity contribution >= 4 is 0 Å². The largest absolute Gasteiger partial charge is 0.346 e. The van der Waals surface area contributed by atoms with Gasteiger partial charge in [-0.15, -0.1) is 0 Å². The van der Waals surface area contributed by atoms with E-state index in [1.807, 2.05) is 24.3 Å². The van der Waals surface area contributed by atoms with Crippen LogP contribution in [0.25, 0.3) is 0 Å². The quantitative estimate of drug-likeness (QED) is 0.629. The van der Waals surface area contributed by atoms with Gasteiger partial charge in [-0.2, -0.15) is 0 Å². The zero-order valence-corrected chi connectivity index (χ0v) is 6.82. The lowest BCUT2D eigenvalue weighted by molar-refractivity contribution is -0.0443. The van der Waals surface area contributed by atoms with Gasteiger partial charge in [0.2, 0.25) is 0 Å². The smallest absolute Gasteiger partial charge is 0.184 e. The van der Waals surface area contributed by atoms with Crippen LogP contribution in [0.15, 0.2) is 24.3 Å². The maximum absolute atomic E-state index is 5.36. The van der Waals surface area contributed by atoms with Gasteiger partial charge in [0.05, 0.1) is 13.2 Å². The highest BCUT2D eigenvalue weighted by Crippen LogP contribution is 2.25. The lowest BCUT2D eigenvalue weighted by atomic mass is 10.1. The lowest BCUT2D eigenvalue weighted by Crippen LogP contribution is -1.99. The maximum Gasteiger partial charge on any atom is 0.184 e. The predicted octanol–water partition coefficient (Wildman–Crippen LogP) is 1.91. The van der Waals surface area contributed by atoms with Crippen molar-refractivity contribution in [2.75, 3.05) is 13.2 Å². The van der Waals surface area contributed by atoms with Crippen LogP contribution in [0.1, 0.15) is 17.4 Å². The second-order valence-corrected chi connectivity index (χ2v) is 2.77. The van der Waals surface area contributed by atoms with Crippen molar-refractivity contribution in [1.29, 1.82) is 0 Å². The Kier molecular flexibility index (Phi) is 2.11. The Bertz CT molecular complexity index is 264. The van der Waals surface area contributed by atoms with E-state index in [0.29, 0.717) is 13.2 Å². The molecule has 1 aromatic rings. The molecule has 1 aromatic carbocycles. The van der Waals surface area contributed by atoms with Crippen LogP contribution in [-0.4, -0.2) is 13.2 Å². The van der Waals surface area contributed by atoms with Gasteiger partial charge >= 0.3 is 0 Å². The number of benzene rings is 1. The first kappa shape index (κ1) is 7.77. The van der Waals surface area contributed by atoms with Crippen LogP contribution in [0.2, 0.25) is 0 Å². The Morgan fingerprint density at radius 2 is 1.83 bits per heavy atom. The summed E-state index contributed by atoms with van der Waals surface area (Å²) < 4.78 is 10.7. The Labute approximate surface area is 72.1 Å². The summed E-state index contributed by atoms with van der Waals surface area (Å²) in [6, 6.07) is 7.87. The van der Waals surface area contributed by atoms with Crippen LogP contribution in [0.3, 0.4) is 0 Å². The normalized spacial score (nSPS) is 18.4. The first-order valence-corrected chi connectivity index (χ1v) is 4.02. The van der Waals surface area contributed by atoms with E-state index in [2.05, 4.69) is 6.92 Å². The average Bonchev–Trinajstić information content (AvgIpc) is 2.57. The molecule has 63 valence electrons. The van der Waals surface area contributed by atoms with Gasteiger partial charge in [0.1, 0.15) is 0 Å². The van der Waals surface area contributed by atoms with Gasteiger partial charge in [0, 0.05) is 5.56 Å². The van der Waals surface area contributed by atoms with E-state index in [0.717, 1.165) is 11.1 Å². The predicted molar refractivity (Wildman–Crippen MR) is 45.5 cm³/mol. The Morgan fingerprint density at radius 1 is 1.17 bits per heavy atom. The minimum absolute atomic E-state index is 0.196. The van der Waals surface area contributed by atoms with Crippen LogP contribution in [0, 0.1) is 6.92 Å². The van der Waals surface area contributed by atoms with Crippen LogP contribution in [0.4, 0.5) is 0 Å². The van der Waals surface area contributed by atoms with Crippen molar-refractivity contribution in [1.82, 2.24) is 0 Å². The number of hydrogen-bond acceptors (Lipinski definition) is 2. The molecule has 0 aromatic heterocycles. The first-order valence-electron chi connectivity index (χ1n) is 4.02. The Morgan fingerprint density at radius 3 is 2.50 bits per heavy atom. The molecule has 2 heteroatoms. The molecule has 1 radical (unpaired) electrons. The number of ether oxygens (including phenoxy) is 2. The van der Waals surface area contributed by atoms with E-state index in [9.17, 15) is 0 Å². The van der Waals surface area contributed by atoms with Gasteiger partial charge < -0.3 is 9.47 Å². The summed E-state index contributed by atoms with van der Waals surface area (Å²) in [7, 11) is 0. The number of hydrogen-bond donors (Lipinski definition) is 0. The monoisotopic (exact) mass is 163 g/mol. The van der Waals surface area contributed by atoms with Crippen LogP contribution < -0.4 is 0 Å². The number of rotatable bonds is 1. The van der Waals surface area contributed by atoms with Gasteiger partial charge in [-0.3, -0.25) is 0 Å². The summed E-state index contributed by atoms with van der Waals surface area (Å²) in [5, 5.41) is 0. The molecule has 0 spiro atoms. The lowest BCUT2D eigenvalue weighted by Gasteiger charge is -2.11. The average molecular weight is 163 g/mol. The molecule has 0 atom stereocenters. The summed E-state index contributed by atoms with van der Waals surface area (Å²) in [6.07, 6.45) is -0.196. The van der Waals surface area contributed by atoms with E-state index in [-0.39, 0.29) is 6.29 Å². The van der Waals surface area contributed by atoms with Gasteiger partial charge in [0.15, 0.2) is 6.29 Å². The second-order valence-electron chi connectivity index (χ2n) is 2.77. The third-order valence-electron chi connectivity index (χ3n) is 1.93. The summed E-state index contributed by atoms with van der Waals surface area (Å²) in [6.45, 7) is 5.26. The fraction of sp³-hybridized carbons (Fsp3) is 0.300. The summed E-state index contributed by atoms with van der Waals surface area (Å²) >= 11 is 0. The third kappa shape index (κ3) is 1.36. The van der Waals surface area contributed by atoms with Gasteiger partial charge in [-0.05, 0) is 12.5 Å². The summed E-state index contributed by atoms with van der Waals surface area (Å²) in [4.78, 5) is 0. The second kappa shape index (κ2) is 3.25. The topological polar surface area (TPSA) is 18.5 Å². The van der Waals surface area contributed by atoms with Crippen molar-refractivity contribution in [3.8, 4) is 0 Å². The Balaban J connectivity index is 2.26. The fourth-order valence-electron chi connectivity index (χ4n) is 1.30. The summed E-state index contributed by atoms with van der Waals surface area (Å²) in [5.74, 6) is 0. The minimum Gasteiger partial charge on any atom is -0.346 e. The molecule has 1 aliphatic heterocycles. The highest BCUT2D eigenvalue weighted by Gasteiger charge is 2.19. The highest BCUT2D eigenvalue weighted by atomic mass is 16.7. The zero-order chi connectivity index (χ0) is 8.39. The van der Waals surface area contributed by atoms with Crippen molar-refractivity contribution < 1.29 is 9.47 Å². The SMILES string of the molecule is [CH2]c1ccccc1C1OCCO1. The van der Waals surface area contributed by atoms with Crippen molar-refractivity contribution in [3.05, 3.63) is 42.3 Å². The standard InChI is InChI=1S/C10H11O2/c1-8-4-2-3-5-9(8)10-11-6-7-12-10/h2-5,10H,1,6-7H2. The summed E-state index contributed by atoms with van der Waals surface area (Å²) in [5.41, 5.74) is 2.01. The van der Waals surface area contributed by atoms with Crippen molar-refractivity contribution in [2.24, 2.45) is 0 Å². The molecule has 2 nitrogen and oxygen atoms in total. The molecule has 0 unspecified atom stereocenters. The van der Waals surface area contributed by atoms with E-state index < -0.39 is 0 Å². The van der Waals surface area contributed by atoms with E-state index in [1.165, 1.54) is 0 Å². The molecule has 0 saturated carbocycles. The fourth-order valence-corrected chi connectivity index (χ4v) is 1.30. The third-order valence-corrected chi connectivity index (χ3v) is 1.93. The van der Waals surface area contributed by atoms with E-state index in [4.69, 9.17) is 9.47 Å². The van der Waals surface area contributed by atoms with Gasteiger partial charge in [0.25, 0.3) is 0 Å². The molecule has 1 saturated heterocycles. The van der Waals surface area contributed by atoms with Gasteiger partial charge in [-0.1, -0.05) is 24.3 Å². The molecule has 0 bridgehead atoms. The molecule has 2 rings (SSSR count). The molecule has 12 heavy (non-hydrogen) atoms. The van der Waals surface area contributed by atoms with Crippen molar-refractivity contribution in [3.63, 3.8) is 0 Å². The first-order chi connectivity index (χ1) is 5.88.